The van der Waals surface area contributed by atoms with Crippen molar-refractivity contribution in [3.8, 4) is 0 Å². The van der Waals surface area contributed by atoms with Crippen molar-refractivity contribution in [3.63, 3.8) is 0 Å². The minimum atomic E-state index is -3.67. The number of benzene rings is 1. The number of carbonyl (C=O) groups is 1. The van der Waals surface area contributed by atoms with Crippen molar-refractivity contribution in [2.45, 2.75) is 25.3 Å². The average molecular weight is 351 g/mol. The van der Waals surface area contributed by atoms with E-state index in [1.165, 1.54) is 0 Å². The number of anilines is 1. The van der Waals surface area contributed by atoms with Crippen LogP contribution in [0.15, 0.2) is 36.5 Å². The molecule has 2 rings (SSSR count). The molecule has 0 aliphatic carbocycles. The lowest BCUT2D eigenvalue weighted by atomic mass is 10.1. The van der Waals surface area contributed by atoms with E-state index in [1.54, 1.807) is 12.3 Å². The number of rotatable bonds is 8. The number of nitrogens with zero attached hydrogens (tertiary/aromatic N) is 1. The molecule has 1 atom stereocenters. The molecule has 1 heterocycles. The number of nitrogens with one attached hydrogen (secondary N) is 2. The number of para-hydroxylation sites is 1. The Balaban J connectivity index is 1.85. The lowest BCUT2D eigenvalue weighted by Crippen LogP contribution is -2.36. The van der Waals surface area contributed by atoms with E-state index in [4.69, 9.17) is 10.9 Å². The predicted octanol–water partition coefficient (Wildman–Crippen LogP) is 0.464. The minimum Gasteiger partial charge on any atom is -0.323 e. The summed E-state index contributed by atoms with van der Waals surface area (Å²) in [6.45, 7) is 0.223. The number of aromatic nitrogens is 1. The summed E-state index contributed by atoms with van der Waals surface area (Å²) in [6, 6.07) is 8.58. The highest BCUT2D eigenvalue weighted by Gasteiger charge is 2.14. The van der Waals surface area contributed by atoms with Crippen molar-refractivity contribution in [1.29, 1.82) is 0 Å². The Hall–Kier alpha value is -2.07. The first-order valence-corrected chi connectivity index (χ1v) is 9.09. The van der Waals surface area contributed by atoms with Gasteiger partial charge in [0, 0.05) is 18.1 Å². The zero-order valence-corrected chi connectivity index (χ0v) is 13.9. The second-order valence-electron chi connectivity index (χ2n) is 5.41. The van der Waals surface area contributed by atoms with Crippen LogP contribution >= 0.6 is 0 Å². The van der Waals surface area contributed by atoms with Crippen LogP contribution in [0.2, 0.25) is 0 Å². The van der Waals surface area contributed by atoms with Crippen LogP contribution < -0.4 is 20.9 Å². The zero-order chi connectivity index (χ0) is 17.6. The fourth-order valence-electron chi connectivity index (χ4n) is 2.27. The molecule has 0 bridgehead atoms. The first-order valence-electron chi connectivity index (χ1n) is 7.54. The molecule has 8 nitrogen and oxygen atoms in total. The summed E-state index contributed by atoms with van der Waals surface area (Å²) in [5, 5.41) is 8.54. The molecule has 1 aromatic heterocycles. The van der Waals surface area contributed by atoms with Gasteiger partial charge < -0.3 is 11.1 Å². The Morgan fingerprint density at radius 2 is 1.96 bits per heavy atom. The lowest BCUT2D eigenvalue weighted by Gasteiger charge is -2.13. The Labute approximate surface area is 140 Å². The van der Waals surface area contributed by atoms with Crippen LogP contribution in [0.4, 0.5) is 5.69 Å². The third-order valence-corrected chi connectivity index (χ3v) is 4.08. The van der Waals surface area contributed by atoms with Gasteiger partial charge in [-0.05, 0) is 25.0 Å². The van der Waals surface area contributed by atoms with Crippen molar-refractivity contribution in [1.82, 2.24) is 9.71 Å². The largest absolute Gasteiger partial charge is 0.323 e. The monoisotopic (exact) mass is 351 g/mol. The third-order valence-electron chi connectivity index (χ3n) is 3.47. The number of nitrogens with two attached hydrogens (primary N) is 2. The van der Waals surface area contributed by atoms with Gasteiger partial charge in [-0.25, -0.2) is 9.86 Å². The van der Waals surface area contributed by atoms with Gasteiger partial charge in [0.2, 0.25) is 5.91 Å². The molecule has 2 aromatic rings. The molecule has 0 spiro atoms. The second kappa shape index (κ2) is 8.15. The van der Waals surface area contributed by atoms with Crippen LogP contribution in [0.1, 0.15) is 19.3 Å². The quantitative estimate of drug-likeness (QED) is 0.512. The van der Waals surface area contributed by atoms with E-state index in [2.05, 4.69) is 15.0 Å². The number of carbonyl (C=O) groups excluding carboxylic acids is 1. The Kier molecular flexibility index (Phi) is 6.21. The predicted molar refractivity (Wildman–Crippen MR) is 93.3 cm³/mol. The molecule has 0 aliphatic rings. The smallest absolute Gasteiger partial charge is 0.274 e. The van der Waals surface area contributed by atoms with Gasteiger partial charge in [-0.15, -0.1) is 0 Å². The topological polar surface area (TPSA) is 140 Å². The summed E-state index contributed by atoms with van der Waals surface area (Å²) >= 11 is 0. The molecule has 130 valence electrons. The molecule has 1 unspecified atom stereocenters. The zero-order valence-electron chi connectivity index (χ0n) is 13.1. The molecule has 6 N–H and O–H groups in total. The van der Waals surface area contributed by atoms with Gasteiger partial charge in [0.05, 0.1) is 17.2 Å². The molecule has 9 heteroatoms. The van der Waals surface area contributed by atoms with E-state index in [-0.39, 0.29) is 12.5 Å². The normalized spacial score (nSPS) is 12.9. The van der Waals surface area contributed by atoms with E-state index in [0.717, 1.165) is 5.39 Å². The summed E-state index contributed by atoms with van der Waals surface area (Å²) in [4.78, 5) is 16.5. The maximum absolute atomic E-state index is 12.2. The van der Waals surface area contributed by atoms with E-state index in [0.29, 0.717) is 30.5 Å². The minimum absolute atomic E-state index is 0.223. The lowest BCUT2D eigenvalue weighted by molar-refractivity contribution is -0.117. The molecular weight excluding hydrogens is 330 g/mol. The van der Waals surface area contributed by atoms with Crippen LogP contribution in [0, 0.1) is 0 Å². The molecular formula is C15H21N5O3S. The molecule has 0 aliphatic heterocycles. The summed E-state index contributed by atoms with van der Waals surface area (Å²) < 4.78 is 23.6. The van der Waals surface area contributed by atoms with E-state index < -0.39 is 16.3 Å². The highest BCUT2D eigenvalue weighted by molar-refractivity contribution is 7.87. The van der Waals surface area contributed by atoms with Gasteiger partial charge in [-0.2, -0.15) is 8.42 Å². The van der Waals surface area contributed by atoms with Crippen molar-refractivity contribution >= 4 is 32.7 Å². The highest BCUT2D eigenvalue weighted by atomic mass is 32.2. The summed E-state index contributed by atoms with van der Waals surface area (Å²) in [5.41, 5.74) is 7.20. The number of hydrogen-bond donors (Lipinski definition) is 4. The second-order valence-corrected chi connectivity index (χ2v) is 6.79. The van der Waals surface area contributed by atoms with Crippen LogP contribution in [0.5, 0.6) is 0 Å². The van der Waals surface area contributed by atoms with E-state index >= 15 is 0 Å². The molecule has 1 amide bonds. The molecule has 0 saturated heterocycles. The van der Waals surface area contributed by atoms with E-state index in [9.17, 15) is 13.2 Å². The van der Waals surface area contributed by atoms with Gasteiger partial charge in [-0.1, -0.05) is 24.6 Å². The molecule has 0 saturated carbocycles. The van der Waals surface area contributed by atoms with Crippen molar-refractivity contribution < 1.29 is 13.2 Å². The third kappa shape index (κ3) is 5.53. The molecule has 24 heavy (non-hydrogen) atoms. The maximum atomic E-state index is 12.2. The maximum Gasteiger partial charge on any atom is 0.274 e. The summed E-state index contributed by atoms with van der Waals surface area (Å²) in [7, 11) is -3.67. The SMILES string of the molecule is NC(CCCCNS(N)(=O)=O)C(=O)Nc1cccc2cccnc12. The van der Waals surface area contributed by atoms with Gasteiger partial charge in [-0.3, -0.25) is 9.78 Å². The van der Waals surface area contributed by atoms with Crippen LogP contribution in [0.3, 0.4) is 0 Å². The van der Waals surface area contributed by atoms with Gasteiger partial charge >= 0.3 is 0 Å². The molecule has 1 aromatic carbocycles. The van der Waals surface area contributed by atoms with Crippen LogP contribution in [-0.4, -0.2) is 31.9 Å². The number of amides is 1. The Morgan fingerprint density at radius 1 is 1.21 bits per heavy atom. The van der Waals surface area contributed by atoms with E-state index in [1.807, 2.05) is 24.3 Å². The Bertz CT molecular complexity index is 804. The Morgan fingerprint density at radius 3 is 2.71 bits per heavy atom. The fourth-order valence-corrected chi connectivity index (χ4v) is 2.69. The number of unbranched alkanes of at least 4 members (excludes halogenated alkanes) is 1. The number of pyridine rings is 1. The number of fused-ring (bicyclic) bond motifs is 1. The van der Waals surface area contributed by atoms with Crippen LogP contribution in [0.25, 0.3) is 10.9 Å². The highest BCUT2D eigenvalue weighted by Crippen LogP contribution is 2.20. The summed E-state index contributed by atoms with van der Waals surface area (Å²) in [6.07, 6.45) is 3.25. The average Bonchev–Trinajstić information content (AvgIpc) is 2.53. The van der Waals surface area contributed by atoms with Crippen LogP contribution in [-0.2, 0) is 15.0 Å². The first kappa shape index (κ1) is 18.3. The van der Waals surface area contributed by atoms with Crippen molar-refractivity contribution in [2.75, 3.05) is 11.9 Å². The fraction of sp³-hybridized carbons (Fsp3) is 0.333. The standard InChI is InChI=1S/C15H21N5O3S/c16-12(7-1-2-10-19-24(17,22)23)15(21)20-13-8-3-5-11-6-4-9-18-14(11)13/h3-6,8-9,12,19H,1-2,7,10,16H2,(H,20,21)(H2,17,22,23). The molecule has 0 radical (unpaired) electrons. The first-order chi connectivity index (χ1) is 11.4. The van der Waals surface area contributed by atoms with Crippen molar-refractivity contribution in [2.24, 2.45) is 10.9 Å². The van der Waals surface area contributed by atoms with Crippen molar-refractivity contribution in [3.05, 3.63) is 36.5 Å². The van der Waals surface area contributed by atoms with Gasteiger partial charge in [0.1, 0.15) is 0 Å². The van der Waals surface area contributed by atoms with Gasteiger partial charge in [0.15, 0.2) is 0 Å². The summed E-state index contributed by atoms with van der Waals surface area (Å²) in [5.74, 6) is -0.299. The van der Waals surface area contributed by atoms with Gasteiger partial charge in [0.25, 0.3) is 10.2 Å². The number of hydrogen-bond acceptors (Lipinski definition) is 5. The molecule has 0 fully saturated rings.